The molecule has 0 aromatic heterocycles. The molecule has 0 fully saturated rings. The lowest BCUT2D eigenvalue weighted by Gasteiger charge is -2.08. The molecule has 0 saturated heterocycles. The van der Waals surface area contributed by atoms with Crippen LogP contribution in [0.25, 0.3) is 0 Å². The molecule has 1 aliphatic rings. The van der Waals surface area contributed by atoms with Crippen molar-refractivity contribution in [2.24, 2.45) is 0 Å². The zero-order valence-corrected chi connectivity index (χ0v) is 11.0. The predicted octanol–water partition coefficient (Wildman–Crippen LogP) is 3.11. The van der Waals surface area contributed by atoms with E-state index in [4.69, 9.17) is 4.74 Å². The topological polar surface area (TPSA) is 26.3 Å². The van der Waals surface area contributed by atoms with E-state index in [9.17, 15) is 8.60 Å². The second-order valence-electron chi connectivity index (χ2n) is 4.52. The van der Waals surface area contributed by atoms with Crippen molar-refractivity contribution in [1.82, 2.24) is 0 Å². The summed E-state index contributed by atoms with van der Waals surface area (Å²) in [6.07, 6.45) is 0. The van der Waals surface area contributed by atoms with E-state index in [1.54, 1.807) is 12.1 Å². The van der Waals surface area contributed by atoms with E-state index in [0.717, 1.165) is 11.3 Å². The van der Waals surface area contributed by atoms with Crippen LogP contribution in [0.5, 0.6) is 5.75 Å². The van der Waals surface area contributed by atoms with Crippen LogP contribution in [0.3, 0.4) is 0 Å². The zero-order chi connectivity index (χ0) is 13.2. The molecule has 19 heavy (non-hydrogen) atoms. The molecule has 0 aliphatic carbocycles. The molecule has 98 valence electrons. The number of hydrogen-bond acceptors (Lipinski definition) is 2. The molecule has 2 aromatic rings. The molecule has 2 atom stereocenters. The van der Waals surface area contributed by atoms with Crippen LogP contribution in [0.4, 0.5) is 4.39 Å². The van der Waals surface area contributed by atoms with Crippen LogP contribution in [0.1, 0.15) is 11.5 Å². The minimum absolute atomic E-state index is 0.111. The van der Waals surface area contributed by atoms with Crippen LogP contribution >= 0.6 is 0 Å². The van der Waals surface area contributed by atoms with Gasteiger partial charge in [-0.2, -0.15) is 0 Å². The van der Waals surface area contributed by atoms with Crippen molar-refractivity contribution in [3.63, 3.8) is 0 Å². The highest BCUT2D eigenvalue weighted by Gasteiger charge is 2.25. The van der Waals surface area contributed by atoms with Gasteiger partial charge in [-0.05, 0) is 24.3 Å². The van der Waals surface area contributed by atoms with Gasteiger partial charge in [-0.25, -0.2) is 4.39 Å². The first-order valence-electron chi connectivity index (χ1n) is 6.10. The second-order valence-corrected chi connectivity index (χ2v) is 6.01. The Morgan fingerprint density at radius 3 is 2.89 bits per heavy atom. The fraction of sp³-hybridized carbons (Fsp3) is 0.200. The molecule has 4 heteroatoms. The Morgan fingerprint density at radius 2 is 2.05 bits per heavy atom. The van der Waals surface area contributed by atoms with Crippen molar-refractivity contribution in [3.8, 4) is 5.75 Å². The van der Waals surface area contributed by atoms with E-state index < -0.39 is 10.8 Å². The first-order chi connectivity index (χ1) is 9.24. The van der Waals surface area contributed by atoms with Gasteiger partial charge in [-0.3, -0.25) is 4.21 Å². The molecule has 2 nitrogen and oxygen atoms in total. The Bertz CT molecular complexity index is 627. The number of rotatable bonds is 3. The number of para-hydroxylation sites is 1. The predicted molar refractivity (Wildman–Crippen MR) is 72.4 cm³/mol. The van der Waals surface area contributed by atoms with E-state index in [1.807, 2.05) is 24.3 Å². The fourth-order valence-electron chi connectivity index (χ4n) is 2.25. The summed E-state index contributed by atoms with van der Waals surface area (Å²) < 4.78 is 30.9. The summed E-state index contributed by atoms with van der Waals surface area (Å²) >= 11 is 0. The number of hydrogen-bond donors (Lipinski definition) is 0. The minimum Gasteiger partial charge on any atom is -0.493 e. The van der Waals surface area contributed by atoms with Crippen molar-refractivity contribution in [3.05, 3.63) is 59.9 Å². The smallest absolute Gasteiger partial charge is 0.124 e. The molecule has 0 spiro atoms. The standard InChI is InChI=1S/C15H13FO2S/c16-12-4-3-5-13(8-12)19(17)10-11-9-18-15-7-2-1-6-14(11)15/h1-8,11H,9-10H2. The number of fused-ring (bicyclic) bond motifs is 1. The maximum Gasteiger partial charge on any atom is 0.124 e. The maximum absolute atomic E-state index is 13.1. The van der Waals surface area contributed by atoms with E-state index in [0.29, 0.717) is 17.3 Å². The Kier molecular flexibility index (Phi) is 3.34. The van der Waals surface area contributed by atoms with Crippen molar-refractivity contribution in [2.75, 3.05) is 12.4 Å². The highest BCUT2D eigenvalue weighted by molar-refractivity contribution is 7.85. The largest absolute Gasteiger partial charge is 0.493 e. The summed E-state index contributed by atoms with van der Waals surface area (Å²) in [7, 11) is -1.21. The molecule has 1 aliphatic heterocycles. The van der Waals surface area contributed by atoms with Crippen molar-refractivity contribution in [1.29, 1.82) is 0 Å². The second kappa shape index (κ2) is 5.13. The van der Waals surface area contributed by atoms with Gasteiger partial charge >= 0.3 is 0 Å². The molecular weight excluding hydrogens is 263 g/mol. The first-order valence-corrected chi connectivity index (χ1v) is 7.41. The normalized spacial score (nSPS) is 18.7. The molecule has 0 N–H and O–H groups in total. The average Bonchev–Trinajstić information content (AvgIpc) is 2.82. The van der Waals surface area contributed by atoms with Crippen LogP contribution < -0.4 is 4.74 Å². The molecule has 0 saturated carbocycles. The lowest BCUT2D eigenvalue weighted by Crippen LogP contribution is -2.11. The van der Waals surface area contributed by atoms with E-state index in [1.165, 1.54) is 12.1 Å². The van der Waals surface area contributed by atoms with Crippen LogP contribution in [-0.4, -0.2) is 16.6 Å². The highest BCUT2D eigenvalue weighted by atomic mass is 32.2. The molecule has 1 heterocycles. The molecular formula is C15H13FO2S. The minimum atomic E-state index is -1.21. The summed E-state index contributed by atoms with van der Waals surface area (Å²) in [5.74, 6) is 1.08. The third-order valence-corrected chi connectivity index (χ3v) is 4.70. The SMILES string of the molecule is O=S(CC1COc2ccccc21)c1cccc(F)c1. The van der Waals surface area contributed by atoms with E-state index in [-0.39, 0.29) is 11.7 Å². The highest BCUT2D eigenvalue weighted by Crippen LogP contribution is 2.34. The van der Waals surface area contributed by atoms with Gasteiger partial charge in [0.1, 0.15) is 11.6 Å². The van der Waals surface area contributed by atoms with Gasteiger partial charge in [0.2, 0.25) is 0 Å². The quantitative estimate of drug-likeness (QED) is 0.861. The summed E-state index contributed by atoms with van der Waals surface area (Å²) in [5.41, 5.74) is 1.09. The first kappa shape index (κ1) is 12.4. The molecule has 3 rings (SSSR count). The maximum atomic E-state index is 13.1. The van der Waals surface area contributed by atoms with Gasteiger partial charge in [0.15, 0.2) is 0 Å². The van der Waals surface area contributed by atoms with Gasteiger partial charge < -0.3 is 4.74 Å². The third kappa shape index (κ3) is 2.54. The summed E-state index contributed by atoms with van der Waals surface area (Å²) in [5, 5.41) is 0. The van der Waals surface area contributed by atoms with Gasteiger partial charge in [-0.1, -0.05) is 24.3 Å². The lowest BCUT2D eigenvalue weighted by molar-refractivity contribution is 0.338. The number of benzene rings is 2. The molecule has 0 amide bonds. The molecule has 0 radical (unpaired) electrons. The van der Waals surface area contributed by atoms with E-state index in [2.05, 4.69) is 0 Å². The number of ether oxygens (including phenoxy) is 1. The third-order valence-electron chi connectivity index (χ3n) is 3.21. The molecule has 2 unspecified atom stereocenters. The van der Waals surface area contributed by atoms with Crippen LogP contribution in [-0.2, 0) is 10.8 Å². The Labute approximate surface area is 113 Å². The lowest BCUT2D eigenvalue weighted by atomic mass is 10.0. The Hall–Kier alpha value is -1.68. The Balaban J connectivity index is 1.78. The summed E-state index contributed by atoms with van der Waals surface area (Å²) in [6.45, 7) is 0.542. The van der Waals surface area contributed by atoms with Gasteiger partial charge in [0.25, 0.3) is 0 Å². The summed E-state index contributed by atoms with van der Waals surface area (Å²) in [6, 6.07) is 13.8. The van der Waals surface area contributed by atoms with Gasteiger partial charge in [0, 0.05) is 22.1 Å². The van der Waals surface area contributed by atoms with Crippen molar-refractivity contribution < 1.29 is 13.3 Å². The molecule has 0 bridgehead atoms. The average molecular weight is 276 g/mol. The van der Waals surface area contributed by atoms with Gasteiger partial charge in [-0.15, -0.1) is 0 Å². The fourth-order valence-corrected chi connectivity index (χ4v) is 3.56. The van der Waals surface area contributed by atoms with Crippen LogP contribution in [0.15, 0.2) is 53.4 Å². The van der Waals surface area contributed by atoms with Crippen LogP contribution in [0.2, 0.25) is 0 Å². The van der Waals surface area contributed by atoms with Crippen molar-refractivity contribution in [2.45, 2.75) is 10.8 Å². The van der Waals surface area contributed by atoms with Gasteiger partial charge in [0.05, 0.1) is 17.4 Å². The van der Waals surface area contributed by atoms with Crippen LogP contribution in [0, 0.1) is 5.82 Å². The monoisotopic (exact) mass is 276 g/mol. The summed E-state index contributed by atoms with van der Waals surface area (Å²) in [4.78, 5) is 0.532. The van der Waals surface area contributed by atoms with E-state index >= 15 is 0 Å². The Morgan fingerprint density at radius 1 is 1.21 bits per heavy atom. The molecule has 2 aromatic carbocycles. The number of halogens is 1. The van der Waals surface area contributed by atoms with Crippen molar-refractivity contribution >= 4 is 10.8 Å². The zero-order valence-electron chi connectivity index (χ0n) is 10.2.